The zero-order chi connectivity index (χ0) is 19.3. The molecule has 1 amide bonds. The van der Waals surface area contributed by atoms with E-state index in [1.807, 2.05) is 0 Å². The number of hydrogen-bond donors (Lipinski definition) is 1. The van der Waals surface area contributed by atoms with Gasteiger partial charge >= 0.3 is 5.97 Å². The molecule has 2 aromatic carbocycles. The van der Waals surface area contributed by atoms with Gasteiger partial charge in [-0.3, -0.25) is 9.10 Å². The number of nitrogens with zero attached hydrogens (tertiary/aromatic N) is 1. The van der Waals surface area contributed by atoms with Crippen molar-refractivity contribution in [1.82, 2.24) is 0 Å². The van der Waals surface area contributed by atoms with Crippen molar-refractivity contribution in [2.24, 2.45) is 0 Å². The molecule has 9 heteroatoms. The summed E-state index contributed by atoms with van der Waals surface area (Å²) in [6.45, 7) is -0.447. The van der Waals surface area contributed by atoms with Gasteiger partial charge in [-0.15, -0.1) is 0 Å². The number of benzene rings is 2. The van der Waals surface area contributed by atoms with Gasteiger partial charge in [-0.2, -0.15) is 0 Å². The maximum Gasteiger partial charge on any atom is 0.339 e. The molecule has 0 bridgehead atoms. The first kappa shape index (κ1) is 19.9. The molecule has 0 aliphatic carbocycles. The summed E-state index contributed by atoms with van der Waals surface area (Å²) in [6, 6.07) is 13.0. The van der Waals surface area contributed by atoms with Crippen LogP contribution in [0.2, 0.25) is 0 Å². The van der Waals surface area contributed by atoms with E-state index in [9.17, 15) is 18.0 Å². The molecule has 0 heterocycles. The number of sulfonamides is 1. The monoisotopic (exact) mass is 440 g/mol. The number of amides is 1. The van der Waals surface area contributed by atoms with Crippen molar-refractivity contribution >= 4 is 49.2 Å². The molecular formula is C17H17BrN2O5S. The van der Waals surface area contributed by atoms with Gasteiger partial charge in [-0.1, -0.05) is 24.3 Å². The van der Waals surface area contributed by atoms with Crippen LogP contribution < -0.4 is 9.62 Å². The molecule has 26 heavy (non-hydrogen) atoms. The Morgan fingerprint density at radius 2 is 1.73 bits per heavy atom. The Kier molecular flexibility index (Phi) is 6.38. The van der Waals surface area contributed by atoms with Gasteiger partial charge in [-0.25, -0.2) is 13.2 Å². The SMILES string of the molecule is COC(=O)c1ccccc1NC(=O)CN(c1ccccc1Br)S(C)(=O)=O. The van der Waals surface area contributed by atoms with Crippen LogP contribution in [0.15, 0.2) is 53.0 Å². The molecule has 0 unspecified atom stereocenters. The fraction of sp³-hybridized carbons (Fsp3) is 0.176. The van der Waals surface area contributed by atoms with E-state index >= 15 is 0 Å². The second-order valence-corrected chi connectivity index (χ2v) is 8.07. The minimum atomic E-state index is -3.71. The number of ether oxygens (including phenoxy) is 1. The van der Waals surface area contributed by atoms with Crippen molar-refractivity contribution in [3.8, 4) is 0 Å². The van der Waals surface area contributed by atoms with Gasteiger partial charge in [-0.05, 0) is 40.2 Å². The Balaban J connectivity index is 2.28. The lowest BCUT2D eigenvalue weighted by Crippen LogP contribution is -2.37. The number of carbonyl (C=O) groups excluding carboxylic acids is 2. The maximum atomic E-state index is 12.4. The molecule has 7 nitrogen and oxygen atoms in total. The van der Waals surface area contributed by atoms with Crippen molar-refractivity contribution in [2.75, 3.05) is 29.5 Å². The van der Waals surface area contributed by atoms with Crippen LogP contribution >= 0.6 is 15.9 Å². The highest BCUT2D eigenvalue weighted by atomic mass is 79.9. The number of esters is 1. The van der Waals surface area contributed by atoms with Crippen LogP contribution in [0.25, 0.3) is 0 Å². The average molecular weight is 441 g/mol. The highest BCUT2D eigenvalue weighted by Gasteiger charge is 2.23. The topological polar surface area (TPSA) is 92.8 Å². The molecule has 138 valence electrons. The van der Waals surface area contributed by atoms with E-state index in [0.717, 1.165) is 10.6 Å². The number of para-hydroxylation sites is 2. The average Bonchev–Trinajstić information content (AvgIpc) is 2.59. The molecule has 2 aromatic rings. The molecule has 0 aliphatic heterocycles. The molecule has 0 saturated carbocycles. The molecule has 0 atom stereocenters. The molecule has 0 spiro atoms. The van der Waals surface area contributed by atoms with Crippen molar-refractivity contribution in [3.63, 3.8) is 0 Å². The summed E-state index contributed by atoms with van der Waals surface area (Å²) >= 11 is 3.29. The van der Waals surface area contributed by atoms with E-state index < -0.39 is 28.4 Å². The third-order valence-electron chi connectivity index (χ3n) is 3.42. The normalized spacial score (nSPS) is 10.9. The molecule has 1 N–H and O–H groups in total. The highest BCUT2D eigenvalue weighted by Crippen LogP contribution is 2.27. The number of halogens is 1. The van der Waals surface area contributed by atoms with Gasteiger partial charge in [0.15, 0.2) is 0 Å². The minimum Gasteiger partial charge on any atom is -0.465 e. The number of anilines is 2. The van der Waals surface area contributed by atoms with Gasteiger partial charge in [0, 0.05) is 4.47 Å². The summed E-state index contributed by atoms with van der Waals surface area (Å²) in [4.78, 5) is 24.2. The Bertz CT molecular complexity index is 930. The predicted octanol–water partition coefficient (Wildman–Crippen LogP) is 2.64. The van der Waals surface area contributed by atoms with Crippen molar-refractivity contribution in [3.05, 3.63) is 58.6 Å². The zero-order valence-electron chi connectivity index (χ0n) is 14.1. The molecule has 0 aromatic heterocycles. The zero-order valence-corrected chi connectivity index (χ0v) is 16.5. The van der Waals surface area contributed by atoms with E-state index in [1.54, 1.807) is 36.4 Å². The van der Waals surface area contributed by atoms with E-state index in [4.69, 9.17) is 0 Å². The minimum absolute atomic E-state index is 0.176. The van der Waals surface area contributed by atoms with Crippen LogP contribution in [0.4, 0.5) is 11.4 Å². The van der Waals surface area contributed by atoms with Gasteiger partial charge < -0.3 is 10.1 Å². The predicted molar refractivity (Wildman–Crippen MR) is 103 cm³/mol. The lowest BCUT2D eigenvalue weighted by molar-refractivity contribution is -0.114. The largest absolute Gasteiger partial charge is 0.465 e. The van der Waals surface area contributed by atoms with Crippen molar-refractivity contribution < 1.29 is 22.7 Å². The molecule has 0 radical (unpaired) electrons. The molecular weight excluding hydrogens is 424 g/mol. The number of methoxy groups -OCH3 is 1. The van der Waals surface area contributed by atoms with Crippen LogP contribution in [0.3, 0.4) is 0 Å². The maximum absolute atomic E-state index is 12.4. The third-order valence-corrected chi connectivity index (χ3v) is 5.21. The fourth-order valence-corrected chi connectivity index (χ4v) is 3.72. The van der Waals surface area contributed by atoms with Gasteiger partial charge in [0.1, 0.15) is 6.54 Å². The first-order valence-corrected chi connectivity index (χ1v) is 10.1. The smallest absolute Gasteiger partial charge is 0.339 e. The quantitative estimate of drug-likeness (QED) is 0.696. The van der Waals surface area contributed by atoms with Crippen LogP contribution in [-0.4, -0.2) is 40.2 Å². The number of hydrogen-bond acceptors (Lipinski definition) is 5. The van der Waals surface area contributed by atoms with Crippen molar-refractivity contribution in [2.45, 2.75) is 0 Å². The first-order valence-electron chi connectivity index (χ1n) is 7.43. The standard InChI is InChI=1S/C17H17BrN2O5S/c1-25-17(22)12-7-3-5-9-14(12)19-16(21)11-20(26(2,23)24)15-10-6-4-8-13(15)18/h3-10H,11H2,1-2H3,(H,19,21). The van der Waals surface area contributed by atoms with E-state index in [-0.39, 0.29) is 11.3 Å². The number of carbonyl (C=O) groups is 2. The summed E-state index contributed by atoms with van der Waals surface area (Å²) in [6.07, 6.45) is 1.02. The third kappa shape index (κ3) is 4.83. The van der Waals surface area contributed by atoms with Crippen LogP contribution in [-0.2, 0) is 19.6 Å². The van der Waals surface area contributed by atoms with Gasteiger partial charge in [0.2, 0.25) is 15.9 Å². The van der Waals surface area contributed by atoms with Crippen LogP contribution in [0.1, 0.15) is 10.4 Å². The van der Waals surface area contributed by atoms with Gasteiger partial charge in [0.25, 0.3) is 0 Å². The summed E-state index contributed by atoms with van der Waals surface area (Å²) in [5, 5.41) is 2.56. The Morgan fingerprint density at radius 1 is 1.12 bits per heavy atom. The number of rotatable bonds is 6. The Labute approximate surface area is 160 Å². The molecule has 2 rings (SSSR count). The molecule has 0 aliphatic rings. The molecule has 0 fully saturated rings. The summed E-state index contributed by atoms with van der Waals surface area (Å²) in [5.41, 5.74) is 0.756. The van der Waals surface area contributed by atoms with Crippen LogP contribution in [0, 0.1) is 0 Å². The lowest BCUT2D eigenvalue weighted by Gasteiger charge is -2.23. The first-order chi connectivity index (χ1) is 12.2. The summed E-state index contributed by atoms with van der Waals surface area (Å²) in [7, 11) is -2.47. The highest BCUT2D eigenvalue weighted by molar-refractivity contribution is 9.10. The van der Waals surface area contributed by atoms with E-state index in [1.165, 1.54) is 19.2 Å². The summed E-state index contributed by atoms with van der Waals surface area (Å²) in [5.74, 6) is -1.20. The van der Waals surface area contributed by atoms with E-state index in [0.29, 0.717) is 10.2 Å². The van der Waals surface area contributed by atoms with Crippen LogP contribution in [0.5, 0.6) is 0 Å². The van der Waals surface area contributed by atoms with E-state index in [2.05, 4.69) is 26.0 Å². The number of nitrogens with one attached hydrogen (secondary N) is 1. The second kappa shape index (κ2) is 8.33. The summed E-state index contributed by atoms with van der Waals surface area (Å²) < 4.78 is 30.5. The van der Waals surface area contributed by atoms with Crippen molar-refractivity contribution in [1.29, 1.82) is 0 Å². The lowest BCUT2D eigenvalue weighted by atomic mass is 10.2. The fourth-order valence-electron chi connectivity index (χ4n) is 2.24. The Morgan fingerprint density at radius 3 is 2.35 bits per heavy atom. The van der Waals surface area contributed by atoms with Gasteiger partial charge in [0.05, 0.1) is 30.3 Å². The Hall–Kier alpha value is -2.39. The second-order valence-electron chi connectivity index (χ2n) is 5.31. The molecule has 0 saturated heterocycles.